The minimum Gasteiger partial charge on any atom is -0.444 e. The van der Waals surface area contributed by atoms with E-state index in [1.54, 1.807) is 17.4 Å². The standard InChI is InChI=1S/C18H26N4O2/c1-5-22(17(23)24-18(2,3)4)12-14-8-6-7-9-16(14)20-11-15-10-19-13-21-15/h6-10,13,20H,5,11-12H2,1-4H3,(H,19,21). The van der Waals surface area contributed by atoms with Crippen molar-refractivity contribution in [1.82, 2.24) is 14.9 Å². The van der Waals surface area contributed by atoms with Crippen molar-refractivity contribution >= 4 is 11.8 Å². The highest BCUT2D eigenvalue weighted by Crippen LogP contribution is 2.19. The topological polar surface area (TPSA) is 70.2 Å². The van der Waals surface area contributed by atoms with Crippen LogP contribution in [0.2, 0.25) is 0 Å². The number of rotatable bonds is 6. The Morgan fingerprint density at radius 3 is 2.71 bits per heavy atom. The molecule has 0 aliphatic rings. The number of benzene rings is 1. The molecule has 0 aliphatic heterocycles. The van der Waals surface area contributed by atoms with E-state index in [1.165, 1.54) is 0 Å². The number of aromatic nitrogens is 2. The second-order valence-electron chi connectivity index (χ2n) is 6.58. The van der Waals surface area contributed by atoms with E-state index in [4.69, 9.17) is 4.74 Å². The van der Waals surface area contributed by atoms with Crippen LogP contribution in [0, 0.1) is 0 Å². The fourth-order valence-corrected chi connectivity index (χ4v) is 2.24. The molecule has 130 valence electrons. The molecular formula is C18H26N4O2. The first kappa shape index (κ1) is 17.8. The highest BCUT2D eigenvalue weighted by atomic mass is 16.6. The average Bonchev–Trinajstić information content (AvgIpc) is 3.03. The lowest BCUT2D eigenvalue weighted by molar-refractivity contribution is 0.0245. The fraction of sp³-hybridized carbons (Fsp3) is 0.444. The number of anilines is 1. The third-order valence-electron chi connectivity index (χ3n) is 3.44. The number of ether oxygens (including phenoxy) is 1. The molecule has 0 saturated heterocycles. The van der Waals surface area contributed by atoms with Gasteiger partial charge in [-0.3, -0.25) is 0 Å². The summed E-state index contributed by atoms with van der Waals surface area (Å²) in [6.45, 7) is 9.30. The Hall–Kier alpha value is -2.50. The lowest BCUT2D eigenvalue weighted by atomic mass is 10.1. The number of hydrogen-bond donors (Lipinski definition) is 2. The van der Waals surface area contributed by atoms with Gasteiger partial charge in [0.15, 0.2) is 0 Å². The van der Waals surface area contributed by atoms with Crippen LogP contribution in [-0.4, -0.2) is 33.1 Å². The van der Waals surface area contributed by atoms with Gasteiger partial charge in [0, 0.05) is 18.4 Å². The molecule has 1 aromatic heterocycles. The molecule has 0 atom stereocenters. The van der Waals surface area contributed by atoms with Crippen LogP contribution in [0.5, 0.6) is 0 Å². The number of para-hydroxylation sites is 1. The minimum absolute atomic E-state index is 0.298. The molecule has 2 aromatic rings. The van der Waals surface area contributed by atoms with E-state index in [9.17, 15) is 4.79 Å². The molecule has 0 spiro atoms. The van der Waals surface area contributed by atoms with Crippen LogP contribution in [0.1, 0.15) is 39.0 Å². The van der Waals surface area contributed by atoms with E-state index in [0.29, 0.717) is 19.6 Å². The first-order chi connectivity index (χ1) is 11.4. The molecule has 24 heavy (non-hydrogen) atoms. The average molecular weight is 330 g/mol. The van der Waals surface area contributed by atoms with Crippen LogP contribution >= 0.6 is 0 Å². The van der Waals surface area contributed by atoms with Crippen LogP contribution in [0.25, 0.3) is 0 Å². The van der Waals surface area contributed by atoms with Gasteiger partial charge in [0.25, 0.3) is 0 Å². The molecule has 2 N–H and O–H groups in total. The predicted molar refractivity (Wildman–Crippen MR) is 94.7 cm³/mol. The second-order valence-corrected chi connectivity index (χ2v) is 6.58. The van der Waals surface area contributed by atoms with Crippen LogP contribution < -0.4 is 5.32 Å². The van der Waals surface area contributed by atoms with E-state index in [2.05, 4.69) is 15.3 Å². The maximum absolute atomic E-state index is 12.3. The Labute approximate surface area is 143 Å². The Kier molecular flexibility index (Phi) is 5.84. The molecular weight excluding hydrogens is 304 g/mol. The summed E-state index contributed by atoms with van der Waals surface area (Å²) < 4.78 is 5.48. The zero-order chi connectivity index (χ0) is 17.6. The highest BCUT2D eigenvalue weighted by Gasteiger charge is 2.21. The maximum Gasteiger partial charge on any atom is 0.410 e. The Morgan fingerprint density at radius 2 is 2.08 bits per heavy atom. The van der Waals surface area contributed by atoms with Crippen molar-refractivity contribution in [3.8, 4) is 0 Å². The third kappa shape index (κ3) is 5.30. The second kappa shape index (κ2) is 7.86. The van der Waals surface area contributed by atoms with Crippen LogP contribution in [0.15, 0.2) is 36.8 Å². The number of nitrogens with one attached hydrogen (secondary N) is 2. The van der Waals surface area contributed by atoms with Gasteiger partial charge in [0.2, 0.25) is 0 Å². The summed E-state index contributed by atoms with van der Waals surface area (Å²) in [4.78, 5) is 21.1. The van der Waals surface area contributed by atoms with Crippen molar-refractivity contribution in [2.24, 2.45) is 0 Å². The molecule has 6 nitrogen and oxygen atoms in total. The van der Waals surface area contributed by atoms with Gasteiger partial charge in [-0.05, 0) is 39.3 Å². The number of aromatic amines is 1. The summed E-state index contributed by atoms with van der Waals surface area (Å²) in [5, 5.41) is 3.38. The maximum atomic E-state index is 12.3. The summed E-state index contributed by atoms with van der Waals surface area (Å²) in [5.74, 6) is 0. The number of carbonyl (C=O) groups is 1. The SMILES string of the molecule is CCN(Cc1ccccc1NCc1cnc[nH]1)C(=O)OC(C)(C)C. The van der Waals surface area contributed by atoms with E-state index >= 15 is 0 Å². The van der Waals surface area contributed by atoms with Gasteiger partial charge in [0.1, 0.15) is 5.60 Å². The molecule has 1 heterocycles. The quantitative estimate of drug-likeness (QED) is 0.845. The van der Waals surface area contributed by atoms with Gasteiger partial charge in [0.05, 0.1) is 25.1 Å². The zero-order valence-corrected chi connectivity index (χ0v) is 14.8. The predicted octanol–water partition coefficient (Wildman–Crippen LogP) is 3.78. The van der Waals surface area contributed by atoms with Crippen LogP contribution in [0.3, 0.4) is 0 Å². The molecule has 0 bridgehead atoms. The Morgan fingerprint density at radius 1 is 1.33 bits per heavy atom. The number of hydrogen-bond acceptors (Lipinski definition) is 4. The Balaban J connectivity index is 2.06. The summed E-state index contributed by atoms with van der Waals surface area (Å²) in [6.07, 6.45) is 3.15. The van der Waals surface area contributed by atoms with Gasteiger partial charge in [-0.25, -0.2) is 9.78 Å². The van der Waals surface area contributed by atoms with E-state index in [0.717, 1.165) is 16.9 Å². The molecule has 0 saturated carbocycles. The first-order valence-electron chi connectivity index (χ1n) is 8.16. The number of carbonyl (C=O) groups excluding carboxylic acids is 1. The zero-order valence-electron chi connectivity index (χ0n) is 14.8. The monoisotopic (exact) mass is 330 g/mol. The molecule has 1 aromatic carbocycles. The smallest absolute Gasteiger partial charge is 0.410 e. The fourth-order valence-electron chi connectivity index (χ4n) is 2.24. The minimum atomic E-state index is -0.497. The van der Waals surface area contributed by atoms with Crippen molar-refractivity contribution in [2.75, 3.05) is 11.9 Å². The number of amides is 1. The van der Waals surface area contributed by atoms with Gasteiger partial charge in [-0.15, -0.1) is 0 Å². The van der Waals surface area contributed by atoms with Gasteiger partial charge in [-0.1, -0.05) is 18.2 Å². The molecule has 0 aliphatic carbocycles. The van der Waals surface area contributed by atoms with Crippen molar-refractivity contribution in [3.63, 3.8) is 0 Å². The highest BCUT2D eigenvalue weighted by molar-refractivity contribution is 5.68. The van der Waals surface area contributed by atoms with E-state index in [1.807, 2.05) is 52.0 Å². The van der Waals surface area contributed by atoms with Crippen LogP contribution in [0.4, 0.5) is 10.5 Å². The normalized spacial score (nSPS) is 11.2. The van der Waals surface area contributed by atoms with E-state index < -0.39 is 5.60 Å². The van der Waals surface area contributed by atoms with Crippen LogP contribution in [-0.2, 0) is 17.8 Å². The van der Waals surface area contributed by atoms with Gasteiger partial charge < -0.3 is 19.9 Å². The van der Waals surface area contributed by atoms with Gasteiger partial charge >= 0.3 is 6.09 Å². The lowest BCUT2D eigenvalue weighted by Crippen LogP contribution is -2.36. The van der Waals surface area contributed by atoms with E-state index in [-0.39, 0.29) is 6.09 Å². The first-order valence-corrected chi connectivity index (χ1v) is 8.16. The third-order valence-corrected chi connectivity index (χ3v) is 3.44. The molecule has 1 amide bonds. The lowest BCUT2D eigenvalue weighted by Gasteiger charge is -2.27. The van der Waals surface area contributed by atoms with Crippen molar-refractivity contribution in [1.29, 1.82) is 0 Å². The molecule has 2 rings (SSSR count). The molecule has 0 radical (unpaired) electrons. The Bertz CT molecular complexity index is 647. The van der Waals surface area contributed by atoms with Crippen molar-refractivity contribution in [3.05, 3.63) is 48.0 Å². The van der Waals surface area contributed by atoms with Gasteiger partial charge in [-0.2, -0.15) is 0 Å². The number of H-pyrrole nitrogens is 1. The number of nitrogens with zero attached hydrogens (tertiary/aromatic N) is 2. The van der Waals surface area contributed by atoms with Crippen molar-refractivity contribution < 1.29 is 9.53 Å². The summed E-state index contributed by atoms with van der Waals surface area (Å²) in [6, 6.07) is 7.97. The molecule has 6 heteroatoms. The summed E-state index contributed by atoms with van der Waals surface area (Å²) in [5.41, 5.74) is 2.55. The summed E-state index contributed by atoms with van der Waals surface area (Å²) in [7, 11) is 0. The molecule has 0 fully saturated rings. The number of imidazole rings is 1. The van der Waals surface area contributed by atoms with Crippen molar-refractivity contribution in [2.45, 2.75) is 46.4 Å². The summed E-state index contributed by atoms with van der Waals surface area (Å²) >= 11 is 0. The molecule has 0 unspecified atom stereocenters. The largest absolute Gasteiger partial charge is 0.444 e.